The van der Waals surface area contributed by atoms with E-state index < -0.39 is 0 Å². The normalized spacial score (nSPS) is 15.1. The third kappa shape index (κ3) is 3.59. The maximum Gasteiger partial charge on any atom is 0.253 e. The first-order chi connectivity index (χ1) is 9.84. The first-order valence-electron chi connectivity index (χ1n) is 6.71. The van der Waals surface area contributed by atoms with Crippen LogP contribution < -0.4 is 5.32 Å². The van der Waals surface area contributed by atoms with Crippen LogP contribution in [0, 0.1) is 0 Å². The van der Waals surface area contributed by atoms with Crippen molar-refractivity contribution in [2.75, 3.05) is 26.2 Å². The van der Waals surface area contributed by atoms with E-state index in [2.05, 4.69) is 15.5 Å². The van der Waals surface area contributed by atoms with E-state index in [9.17, 15) is 4.79 Å². The maximum absolute atomic E-state index is 12.4. The SMILES string of the molecule is Cl.O=C(c1ccc(-c2ncon2)cc1)N1CCCNCC1. The van der Waals surface area contributed by atoms with Crippen LogP contribution in [0.2, 0.25) is 0 Å². The van der Waals surface area contributed by atoms with Crippen LogP contribution in [0.3, 0.4) is 0 Å². The van der Waals surface area contributed by atoms with Gasteiger partial charge in [-0.25, -0.2) is 0 Å². The van der Waals surface area contributed by atoms with Gasteiger partial charge in [-0.2, -0.15) is 4.98 Å². The Morgan fingerprint density at radius 1 is 1.19 bits per heavy atom. The van der Waals surface area contributed by atoms with Crippen molar-refractivity contribution in [1.29, 1.82) is 0 Å². The summed E-state index contributed by atoms with van der Waals surface area (Å²) in [6, 6.07) is 7.31. The molecule has 0 aliphatic carbocycles. The van der Waals surface area contributed by atoms with Crippen molar-refractivity contribution in [2.24, 2.45) is 0 Å². The van der Waals surface area contributed by atoms with Crippen molar-refractivity contribution >= 4 is 18.3 Å². The van der Waals surface area contributed by atoms with Gasteiger partial charge in [0.1, 0.15) is 0 Å². The van der Waals surface area contributed by atoms with Crippen molar-refractivity contribution in [2.45, 2.75) is 6.42 Å². The lowest BCUT2D eigenvalue weighted by molar-refractivity contribution is 0.0766. The zero-order valence-electron chi connectivity index (χ0n) is 11.5. The molecule has 1 aliphatic rings. The molecule has 0 unspecified atom stereocenters. The summed E-state index contributed by atoms with van der Waals surface area (Å²) in [5.41, 5.74) is 1.53. The van der Waals surface area contributed by atoms with Crippen LogP contribution in [0.1, 0.15) is 16.8 Å². The molecule has 0 saturated carbocycles. The molecule has 6 nitrogen and oxygen atoms in total. The van der Waals surface area contributed by atoms with Gasteiger partial charge in [0.2, 0.25) is 12.2 Å². The molecule has 1 amide bonds. The lowest BCUT2D eigenvalue weighted by atomic mass is 10.1. The standard InChI is InChI=1S/C14H16N4O2.ClH/c19-14(18-8-1-6-15-7-9-18)12-4-2-11(3-5-12)13-16-10-20-17-13;/h2-5,10,15H,1,6-9H2;1H. The Hall–Kier alpha value is -1.92. The van der Waals surface area contributed by atoms with Crippen molar-refractivity contribution < 1.29 is 9.32 Å². The highest BCUT2D eigenvalue weighted by atomic mass is 35.5. The molecule has 1 saturated heterocycles. The molecule has 2 aromatic rings. The number of rotatable bonds is 2. The highest BCUT2D eigenvalue weighted by Gasteiger charge is 2.17. The zero-order valence-corrected chi connectivity index (χ0v) is 12.3. The predicted molar refractivity (Wildman–Crippen MR) is 80.4 cm³/mol. The maximum atomic E-state index is 12.4. The molecule has 0 bridgehead atoms. The molecule has 2 heterocycles. The fraction of sp³-hybridized carbons (Fsp3) is 0.357. The number of carbonyl (C=O) groups is 1. The fourth-order valence-electron chi connectivity index (χ4n) is 2.29. The fourth-order valence-corrected chi connectivity index (χ4v) is 2.29. The Labute approximate surface area is 128 Å². The lowest BCUT2D eigenvalue weighted by Crippen LogP contribution is -2.34. The van der Waals surface area contributed by atoms with E-state index in [1.165, 1.54) is 6.39 Å². The van der Waals surface area contributed by atoms with Gasteiger partial charge in [0, 0.05) is 30.8 Å². The lowest BCUT2D eigenvalue weighted by Gasteiger charge is -2.19. The summed E-state index contributed by atoms with van der Waals surface area (Å²) in [6.45, 7) is 3.39. The molecule has 1 N–H and O–H groups in total. The Balaban J connectivity index is 0.00000161. The van der Waals surface area contributed by atoms with Gasteiger partial charge in [-0.15, -0.1) is 12.4 Å². The van der Waals surface area contributed by atoms with Crippen LogP contribution in [-0.2, 0) is 0 Å². The summed E-state index contributed by atoms with van der Waals surface area (Å²) in [5, 5.41) is 7.06. The van der Waals surface area contributed by atoms with E-state index in [1.54, 1.807) is 0 Å². The highest BCUT2D eigenvalue weighted by molar-refractivity contribution is 5.94. The third-order valence-corrected chi connectivity index (χ3v) is 3.38. The highest BCUT2D eigenvalue weighted by Crippen LogP contribution is 2.16. The number of hydrogen-bond acceptors (Lipinski definition) is 5. The van der Waals surface area contributed by atoms with Gasteiger partial charge in [-0.1, -0.05) is 17.3 Å². The predicted octanol–water partition coefficient (Wildman–Crippen LogP) is 1.59. The minimum Gasteiger partial charge on any atom is -0.342 e. The summed E-state index contributed by atoms with van der Waals surface area (Å²) in [6.07, 6.45) is 2.28. The van der Waals surface area contributed by atoms with Gasteiger partial charge in [0.25, 0.3) is 5.91 Å². The van der Waals surface area contributed by atoms with Gasteiger partial charge in [-0.05, 0) is 25.1 Å². The first-order valence-corrected chi connectivity index (χ1v) is 6.71. The number of carbonyl (C=O) groups excluding carboxylic acids is 1. The Kier molecular flexibility index (Phi) is 5.30. The molecule has 112 valence electrons. The molecule has 7 heteroatoms. The Bertz CT molecular complexity index is 563. The van der Waals surface area contributed by atoms with Crippen LogP contribution in [0.4, 0.5) is 0 Å². The van der Waals surface area contributed by atoms with Gasteiger partial charge in [0.05, 0.1) is 0 Å². The molecule has 0 radical (unpaired) electrons. The van der Waals surface area contributed by atoms with Crippen molar-refractivity contribution in [3.05, 3.63) is 36.2 Å². The smallest absolute Gasteiger partial charge is 0.253 e. The molecule has 1 aromatic carbocycles. The average molecular weight is 309 g/mol. The van der Waals surface area contributed by atoms with Gasteiger partial charge >= 0.3 is 0 Å². The van der Waals surface area contributed by atoms with Crippen molar-refractivity contribution in [3.8, 4) is 11.4 Å². The van der Waals surface area contributed by atoms with E-state index in [0.717, 1.165) is 38.2 Å². The summed E-state index contributed by atoms with van der Waals surface area (Å²) < 4.78 is 4.71. The number of amides is 1. The van der Waals surface area contributed by atoms with Crippen molar-refractivity contribution in [1.82, 2.24) is 20.4 Å². The molecule has 1 fully saturated rings. The summed E-state index contributed by atoms with van der Waals surface area (Å²) in [7, 11) is 0. The van der Waals surface area contributed by atoms with Crippen LogP contribution in [0.15, 0.2) is 35.2 Å². The number of benzene rings is 1. The molecule has 1 aromatic heterocycles. The van der Waals surface area contributed by atoms with Gasteiger partial charge < -0.3 is 14.7 Å². The molecule has 21 heavy (non-hydrogen) atoms. The number of hydrogen-bond donors (Lipinski definition) is 1. The van der Waals surface area contributed by atoms with E-state index in [1.807, 2.05) is 29.2 Å². The summed E-state index contributed by atoms with van der Waals surface area (Å²) in [5.74, 6) is 0.608. The summed E-state index contributed by atoms with van der Waals surface area (Å²) in [4.78, 5) is 18.3. The molecular weight excluding hydrogens is 292 g/mol. The second-order valence-corrected chi connectivity index (χ2v) is 4.73. The largest absolute Gasteiger partial charge is 0.342 e. The zero-order chi connectivity index (χ0) is 13.8. The second-order valence-electron chi connectivity index (χ2n) is 4.73. The van der Waals surface area contributed by atoms with Crippen molar-refractivity contribution in [3.63, 3.8) is 0 Å². The number of aromatic nitrogens is 2. The molecule has 3 rings (SSSR count). The molecular formula is C14H17ClN4O2. The minimum atomic E-state index is 0. The van der Waals surface area contributed by atoms with Gasteiger partial charge in [0.15, 0.2) is 0 Å². The van der Waals surface area contributed by atoms with Crippen LogP contribution in [0.25, 0.3) is 11.4 Å². The average Bonchev–Trinajstić information content (AvgIpc) is 2.89. The molecule has 0 spiro atoms. The second kappa shape index (κ2) is 7.19. The monoisotopic (exact) mass is 308 g/mol. The van der Waals surface area contributed by atoms with Crippen LogP contribution in [0.5, 0.6) is 0 Å². The minimum absolute atomic E-state index is 0. The Morgan fingerprint density at radius 2 is 2.00 bits per heavy atom. The number of nitrogens with zero attached hydrogens (tertiary/aromatic N) is 3. The quantitative estimate of drug-likeness (QED) is 0.912. The van der Waals surface area contributed by atoms with E-state index in [4.69, 9.17) is 4.52 Å². The van der Waals surface area contributed by atoms with E-state index in [0.29, 0.717) is 11.4 Å². The number of nitrogens with one attached hydrogen (secondary N) is 1. The Morgan fingerprint density at radius 3 is 2.71 bits per heavy atom. The number of halogens is 1. The summed E-state index contributed by atoms with van der Waals surface area (Å²) >= 11 is 0. The molecule has 1 aliphatic heterocycles. The van der Waals surface area contributed by atoms with E-state index >= 15 is 0 Å². The third-order valence-electron chi connectivity index (χ3n) is 3.38. The topological polar surface area (TPSA) is 71.3 Å². The van der Waals surface area contributed by atoms with Gasteiger partial charge in [-0.3, -0.25) is 4.79 Å². The first kappa shape index (κ1) is 15.5. The van der Waals surface area contributed by atoms with Crippen LogP contribution in [-0.4, -0.2) is 47.1 Å². The molecule has 0 atom stereocenters. The van der Waals surface area contributed by atoms with E-state index in [-0.39, 0.29) is 18.3 Å². The van der Waals surface area contributed by atoms with Crippen LogP contribution >= 0.6 is 12.4 Å².